The van der Waals surface area contributed by atoms with E-state index in [0.29, 0.717) is 33.3 Å². The van der Waals surface area contributed by atoms with Crippen LogP contribution in [0.3, 0.4) is 0 Å². The Morgan fingerprint density at radius 1 is 1.26 bits per heavy atom. The number of anilines is 1. The molecule has 0 atom stereocenters. The Hall–Kier alpha value is -3.21. The number of fused-ring (bicyclic) bond motifs is 1. The summed E-state index contributed by atoms with van der Waals surface area (Å²) in [6.07, 6.45) is 1.66. The third kappa shape index (κ3) is 4.46. The van der Waals surface area contributed by atoms with E-state index in [2.05, 4.69) is 52.2 Å². The minimum atomic E-state index is -0.460. The monoisotopic (exact) mass is 491 g/mol. The van der Waals surface area contributed by atoms with Crippen molar-refractivity contribution >= 4 is 49.5 Å². The van der Waals surface area contributed by atoms with Crippen LogP contribution in [0.4, 0.5) is 5.69 Å². The highest BCUT2D eigenvalue weighted by molar-refractivity contribution is 9.10. The van der Waals surface area contributed by atoms with Gasteiger partial charge >= 0.3 is 5.63 Å². The molecule has 2 aromatic heterocycles. The molecule has 31 heavy (non-hydrogen) atoms. The lowest BCUT2D eigenvalue weighted by molar-refractivity contribution is 0.563. The van der Waals surface area contributed by atoms with Gasteiger partial charge in [-0.1, -0.05) is 48.0 Å². The first kappa shape index (κ1) is 21.0. The molecule has 7 heteroatoms. The Morgan fingerprint density at radius 3 is 2.84 bits per heavy atom. The summed E-state index contributed by atoms with van der Waals surface area (Å²) in [6, 6.07) is 17.4. The molecule has 0 saturated carbocycles. The smallest absolute Gasteiger partial charge is 0.345 e. The minimum Gasteiger partial charge on any atom is -0.422 e. The van der Waals surface area contributed by atoms with E-state index < -0.39 is 5.63 Å². The summed E-state index contributed by atoms with van der Waals surface area (Å²) in [6.45, 7) is 4.24. The first-order valence-electron chi connectivity index (χ1n) is 9.61. The zero-order valence-electron chi connectivity index (χ0n) is 16.8. The molecule has 0 radical (unpaired) electrons. The van der Waals surface area contributed by atoms with Gasteiger partial charge in [-0.2, -0.15) is 5.26 Å². The summed E-state index contributed by atoms with van der Waals surface area (Å²) in [5.41, 5.74) is 3.40. The molecule has 0 aliphatic carbocycles. The molecular weight excluding hydrogens is 474 g/mol. The summed E-state index contributed by atoms with van der Waals surface area (Å²) < 4.78 is 6.33. The van der Waals surface area contributed by atoms with Crippen LogP contribution in [0, 0.1) is 11.3 Å². The van der Waals surface area contributed by atoms with Gasteiger partial charge in [-0.05, 0) is 41.8 Å². The molecular formula is C24H18BrN3O2S. The molecule has 0 saturated heterocycles. The van der Waals surface area contributed by atoms with E-state index in [4.69, 9.17) is 4.42 Å². The zero-order chi connectivity index (χ0) is 22.0. The van der Waals surface area contributed by atoms with Crippen molar-refractivity contribution in [1.29, 1.82) is 5.26 Å². The van der Waals surface area contributed by atoms with Crippen LogP contribution in [-0.4, -0.2) is 4.98 Å². The Bertz CT molecular complexity index is 1400. The molecule has 0 bridgehead atoms. The van der Waals surface area contributed by atoms with E-state index in [9.17, 15) is 10.1 Å². The van der Waals surface area contributed by atoms with Gasteiger partial charge in [0.15, 0.2) is 0 Å². The topological polar surface area (TPSA) is 78.9 Å². The Kier molecular flexibility index (Phi) is 6.03. The van der Waals surface area contributed by atoms with Gasteiger partial charge in [-0.15, -0.1) is 11.3 Å². The molecule has 0 aliphatic heterocycles. The number of nitrogens with one attached hydrogen (secondary N) is 1. The van der Waals surface area contributed by atoms with E-state index in [0.717, 1.165) is 21.1 Å². The number of benzene rings is 2. The fourth-order valence-electron chi connectivity index (χ4n) is 3.22. The first-order chi connectivity index (χ1) is 15.0. The van der Waals surface area contributed by atoms with E-state index >= 15 is 0 Å². The maximum atomic E-state index is 12.5. The quantitative estimate of drug-likeness (QED) is 0.245. The van der Waals surface area contributed by atoms with E-state index in [-0.39, 0.29) is 0 Å². The third-order valence-corrected chi connectivity index (χ3v) is 6.15. The summed E-state index contributed by atoms with van der Waals surface area (Å²) in [7, 11) is 0. The highest BCUT2D eigenvalue weighted by atomic mass is 79.9. The van der Waals surface area contributed by atoms with Crippen molar-refractivity contribution in [3.63, 3.8) is 0 Å². The van der Waals surface area contributed by atoms with Gasteiger partial charge in [0.05, 0.1) is 11.3 Å². The largest absolute Gasteiger partial charge is 0.422 e. The third-order valence-electron chi connectivity index (χ3n) is 4.78. The standard InChI is InChI=1S/C24H18BrN3O2S/c1-14(2)18-5-3-4-6-20(18)27-12-16(11-26)23-28-21(13-31-23)19-10-15-9-17(25)7-8-22(15)30-24(19)29/h3-10,12-14,27H,1-2H3. The molecule has 0 aliphatic rings. The van der Waals surface area contributed by atoms with Crippen molar-refractivity contribution in [2.75, 3.05) is 5.32 Å². The number of allylic oxidation sites excluding steroid dienone is 1. The second-order valence-electron chi connectivity index (χ2n) is 7.22. The molecule has 4 aromatic rings. The van der Waals surface area contributed by atoms with Gasteiger partial charge in [0.1, 0.15) is 22.2 Å². The highest BCUT2D eigenvalue weighted by Crippen LogP contribution is 2.28. The number of thiazole rings is 1. The van der Waals surface area contributed by atoms with Crippen LogP contribution in [0.2, 0.25) is 0 Å². The van der Waals surface area contributed by atoms with E-state index in [1.54, 1.807) is 23.7 Å². The number of para-hydroxylation sites is 1. The van der Waals surface area contributed by atoms with E-state index in [1.807, 2.05) is 30.3 Å². The second kappa shape index (κ2) is 8.88. The van der Waals surface area contributed by atoms with Crippen molar-refractivity contribution in [3.05, 3.63) is 85.6 Å². The number of nitriles is 1. The molecule has 0 amide bonds. The van der Waals surface area contributed by atoms with Crippen LogP contribution >= 0.6 is 27.3 Å². The van der Waals surface area contributed by atoms with Crippen LogP contribution < -0.4 is 10.9 Å². The molecule has 154 valence electrons. The SMILES string of the molecule is CC(C)c1ccccc1NC=C(C#N)c1nc(-c2cc3cc(Br)ccc3oc2=O)cs1. The molecule has 4 rings (SSSR count). The van der Waals surface area contributed by atoms with E-state index in [1.165, 1.54) is 11.3 Å². The normalized spacial score (nSPS) is 11.6. The molecule has 1 N–H and O–H groups in total. The van der Waals surface area contributed by atoms with Crippen LogP contribution in [0.25, 0.3) is 27.8 Å². The fraction of sp³-hybridized carbons (Fsp3) is 0.125. The lowest BCUT2D eigenvalue weighted by Crippen LogP contribution is -2.03. The average molecular weight is 492 g/mol. The lowest BCUT2D eigenvalue weighted by atomic mass is 10.0. The minimum absolute atomic E-state index is 0.348. The van der Waals surface area contributed by atoms with Gasteiger partial charge in [-0.3, -0.25) is 0 Å². The van der Waals surface area contributed by atoms with Crippen molar-refractivity contribution in [2.45, 2.75) is 19.8 Å². The summed E-state index contributed by atoms with van der Waals surface area (Å²) in [4.78, 5) is 17.0. The Balaban J connectivity index is 1.67. The average Bonchev–Trinajstić information content (AvgIpc) is 3.24. The number of nitrogens with zero attached hydrogens (tertiary/aromatic N) is 2. The molecule has 5 nitrogen and oxygen atoms in total. The van der Waals surface area contributed by atoms with Crippen LogP contribution in [0.5, 0.6) is 0 Å². The van der Waals surface area contributed by atoms with Crippen molar-refractivity contribution in [3.8, 4) is 17.3 Å². The molecule has 2 aromatic carbocycles. The van der Waals surface area contributed by atoms with Gasteiger partial charge < -0.3 is 9.73 Å². The zero-order valence-corrected chi connectivity index (χ0v) is 19.3. The Morgan fingerprint density at radius 2 is 2.06 bits per heavy atom. The molecule has 0 unspecified atom stereocenters. The van der Waals surface area contributed by atoms with Gasteiger partial charge in [0.2, 0.25) is 0 Å². The number of rotatable bonds is 5. The predicted octanol–water partition coefficient (Wildman–Crippen LogP) is 6.78. The molecule has 2 heterocycles. The number of aromatic nitrogens is 1. The number of halogens is 1. The van der Waals surface area contributed by atoms with Gasteiger partial charge in [0.25, 0.3) is 0 Å². The van der Waals surface area contributed by atoms with Crippen LogP contribution in [0.1, 0.15) is 30.3 Å². The summed E-state index contributed by atoms with van der Waals surface area (Å²) >= 11 is 4.74. The summed E-state index contributed by atoms with van der Waals surface area (Å²) in [5.74, 6) is 0.348. The van der Waals surface area contributed by atoms with Crippen LogP contribution in [-0.2, 0) is 0 Å². The highest BCUT2D eigenvalue weighted by Gasteiger charge is 2.14. The predicted molar refractivity (Wildman–Crippen MR) is 129 cm³/mol. The fourth-order valence-corrected chi connectivity index (χ4v) is 4.38. The van der Waals surface area contributed by atoms with Crippen molar-refractivity contribution in [2.24, 2.45) is 0 Å². The first-order valence-corrected chi connectivity index (χ1v) is 11.3. The maximum absolute atomic E-state index is 12.5. The second-order valence-corrected chi connectivity index (χ2v) is 9.00. The van der Waals surface area contributed by atoms with Gasteiger partial charge in [0, 0.05) is 27.1 Å². The van der Waals surface area contributed by atoms with Crippen molar-refractivity contribution in [1.82, 2.24) is 4.98 Å². The number of hydrogen-bond donors (Lipinski definition) is 1. The Labute approximate surface area is 191 Å². The lowest BCUT2D eigenvalue weighted by Gasteiger charge is -2.12. The van der Waals surface area contributed by atoms with Crippen molar-refractivity contribution < 1.29 is 4.42 Å². The maximum Gasteiger partial charge on any atom is 0.345 e. The molecule has 0 spiro atoms. The van der Waals surface area contributed by atoms with Gasteiger partial charge in [-0.25, -0.2) is 9.78 Å². The summed E-state index contributed by atoms with van der Waals surface area (Å²) in [5, 5.41) is 16.0. The number of hydrogen-bond acceptors (Lipinski definition) is 6. The van der Waals surface area contributed by atoms with Crippen LogP contribution in [0.15, 0.2) is 73.8 Å². The molecule has 0 fully saturated rings.